The standard InChI is InChI=1S/C22H25NO6/c1-23(2,3)9-10-28-16-7-5-14(6-8-16)19-13-18(25)21-17(22(26)27-4)11-15(24)12-20(21)29-19/h5-8,11-12,19H,9-10,13H2,1-4H3/p+1. The van der Waals surface area contributed by atoms with E-state index in [1.165, 1.54) is 19.2 Å². The zero-order chi connectivity index (χ0) is 21.2. The first-order valence-electron chi connectivity index (χ1n) is 9.36. The van der Waals surface area contributed by atoms with Crippen LogP contribution in [0.1, 0.15) is 38.8 Å². The molecular weight excluding hydrogens is 374 g/mol. The Kier molecular flexibility index (Phi) is 5.79. The summed E-state index contributed by atoms with van der Waals surface area (Å²) in [6.07, 6.45) is -0.425. The Morgan fingerprint density at radius 2 is 1.90 bits per heavy atom. The maximum Gasteiger partial charge on any atom is 0.338 e. The molecule has 1 heterocycles. The number of ketones is 1. The van der Waals surface area contributed by atoms with E-state index in [0.717, 1.165) is 22.3 Å². The smallest absolute Gasteiger partial charge is 0.338 e. The minimum absolute atomic E-state index is 0.00643. The normalized spacial score (nSPS) is 16.0. The van der Waals surface area contributed by atoms with Crippen molar-refractivity contribution in [2.45, 2.75) is 12.5 Å². The van der Waals surface area contributed by atoms with Gasteiger partial charge in [-0.2, -0.15) is 0 Å². The van der Waals surface area contributed by atoms with Crippen LogP contribution < -0.4 is 9.47 Å². The van der Waals surface area contributed by atoms with Crippen LogP contribution >= 0.6 is 0 Å². The van der Waals surface area contributed by atoms with Crippen LogP contribution in [0.5, 0.6) is 17.2 Å². The van der Waals surface area contributed by atoms with E-state index >= 15 is 0 Å². The van der Waals surface area contributed by atoms with E-state index in [-0.39, 0.29) is 34.8 Å². The number of fused-ring (bicyclic) bond motifs is 1. The van der Waals surface area contributed by atoms with Crippen molar-refractivity contribution in [1.82, 2.24) is 0 Å². The lowest BCUT2D eigenvalue weighted by Crippen LogP contribution is -2.38. The first kappa shape index (κ1) is 20.7. The van der Waals surface area contributed by atoms with Crippen LogP contribution in [0.2, 0.25) is 0 Å². The number of ether oxygens (including phenoxy) is 3. The van der Waals surface area contributed by atoms with Gasteiger partial charge in [0.05, 0.1) is 45.8 Å². The summed E-state index contributed by atoms with van der Waals surface area (Å²) in [5, 5.41) is 9.92. The van der Waals surface area contributed by atoms with Crippen molar-refractivity contribution in [3.05, 3.63) is 53.1 Å². The van der Waals surface area contributed by atoms with Gasteiger partial charge in [0.2, 0.25) is 0 Å². The second kappa shape index (κ2) is 8.13. The van der Waals surface area contributed by atoms with Crippen molar-refractivity contribution in [2.24, 2.45) is 0 Å². The topological polar surface area (TPSA) is 82.1 Å². The van der Waals surface area contributed by atoms with Gasteiger partial charge in [-0.1, -0.05) is 12.1 Å². The minimum Gasteiger partial charge on any atom is -0.508 e. The number of Topliss-reactive ketones (excluding diaryl/α,β-unsaturated/α-hetero) is 1. The SMILES string of the molecule is COC(=O)c1cc(O)cc2c1C(=O)CC(c1ccc(OCC[N+](C)(C)C)cc1)O2. The molecule has 0 spiro atoms. The summed E-state index contributed by atoms with van der Waals surface area (Å²) < 4.78 is 17.2. The van der Waals surface area contributed by atoms with Gasteiger partial charge in [-0.05, 0) is 23.8 Å². The van der Waals surface area contributed by atoms with Gasteiger partial charge in [0.1, 0.15) is 36.5 Å². The molecule has 1 aliphatic rings. The van der Waals surface area contributed by atoms with E-state index in [9.17, 15) is 14.7 Å². The highest BCUT2D eigenvalue weighted by Crippen LogP contribution is 2.39. The first-order chi connectivity index (χ1) is 13.7. The molecule has 29 heavy (non-hydrogen) atoms. The molecule has 2 aromatic rings. The number of carbonyl (C=O) groups excluding carboxylic acids is 2. The lowest BCUT2D eigenvalue weighted by atomic mass is 9.92. The van der Waals surface area contributed by atoms with Gasteiger partial charge in [-0.25, -0.2) is 4.79 Å². The lowest BCUT2D eigenvalue weighted by molar-refractivity contribution is -0.870. The van der Waals surface area contributed by atoms with E-state index in [1.807, 2.05) is 24.3 Å². The maximum absolute atomic E-state index is 12.7. The predicted molar refractivity (Wildman–Crippen MR) is 107 cm³/mol. The molecule has 0 saturated heterocycles. The molecule has 0 amide bonds. The second-order valence-electron chi connectivity index (χ2n) is 8.02. The highest BCUT2D eigenvalue weighted by Gasteiger charge is 2.32. The quantitative estimate of drug-likeness (QED) is 0.593. The van der Waals surface area contributed by atoms with Crippen LogP contribution in [0.4, 0.5) is 0 Å². The van der Waals surface area contributed by atoms with Gasteiger partial charge < -0.3 is 23.8 Å². The highest BCUT2D eigenvalue weighted by molar-refractivity contribution is 6.09. The Hall–Kier alpha value is -3.06. The minimum atomic E-state index is -0.692. The van der Waals surface area contributed by atoms with E-state index in [0.29, 0.717) is 6.61 Å². The summed E-state index contributed by atoms with van der Waals surface area (Å²) in [6.45, 7) is 1.48. The van der Waals surface area contributed by atoms with Crippen molar-refractivity contribution in [2.75, 3.05) is 41.4 Å². The summed E-state index contributed by atoms with van der Waals surface area (Å²) in [4.78, 5) is 24.7. The van der Waals surface area contributed by atoms with Gasteiger partial charge in [-0.15, -0.1) is 0 Å². The third-order valence-corrected chi connectivity index (χ3v) is 4.69. The zero-order valence-corrected chi connectivity index (χ0v) is 17.1. The molecule has 0 aromatic heterocycles. The molecule has 0 radical (unpaired) electrons. The molecule has 7 nitrogen and oxygen atoms in total. The first-order valence-corrected chi connectivity index (χ1v) is 9.36. The summed E-state index contributed by atoms with van der Waals surface area (Å²) in [5.41, 5.74) is 0.962. The lowest BCUT2D eigenvalue weighted by Gasteiger charge is -2.27. The molecule has 0 aliphatic carbocycles. The van der Waals surface area contributed by atoms with Crippen LogP contribution in [0.3, 0.4) is 0 Å². The van der Waals surface area contributed by atoms with E-state index in [1.54, 1.807) is 0 Å². The molecule has 2 aromatic carbocycles. The van der Waals surface area contributed by atoms with Crippen molar-refractivity contribution >= 4 is 11.8 Å². The largest absolute Gasteiger partial charge is 0.508 e. The molecule has 7 heteroatoms. The molecule has 154 valence electrons. The van der Waals surface area contributed by atoms with E-state index in [4.69, 9.17) is 14.2 Å². The Labute approximate surface area is 170 Å². The average Bonchev–Trinajstić information content (AvgIpc) is 2.65. The highest BCUT2D eigenvalue weighted by atomic mass is 16.5. The summed E-state index contributed by atoms with van der Waals surface area (Å²) in [6, 6.07) is 9.96. The molecule has 3 rings (SSSR count). The third-order valence-electron chi connectivity index (χ3n) is 4.69. The Morgan fingerprint density at radius 3 is 2.52 bits per heavy atom. The van der Waals surface area contributed by atoms with Crippen LogP contribution in [0, 0.1) is 0 Å². The van der Waals surface area contributed by atoms with Crippen LogP contribution in [-0.2, 0) is 4.74 Å². The van der Waals surface area contributed by atoms with Crippen molar-refractivity contribution in [1.29, 1.82) is 0 Å². The van der Waals surface area contributed by atoms with Crippen molar-refractivity contribution in [3.63, 3.8) is 0 Å². The second-order valence-corrected chi connectivity index (χ2v) is 8.02. The number of quaternary nitrogens is 1. The average molecular weight is 400 g/mol. The molecule has 1 atom stereocenters. The number of phenols is 1. The molecular formula is C22H26NO6+. The number of hydrogen-bond acceptors (Lipinski definition) is 6. The number of aromatic hydroxyl groups is 1. The molecule has 1 N–H and O–H groups in total. The zero-order valence-electron chi connectivity index (χ0n) is 17.1. The van der Waals surface area contributed by atoms with Gasteiger partial charge in [-0.3, -0.25) is 4.79 Å². The number of phenolic OH excluding ortho intramolecular Hbond substituents is 1. The third kappa shape index (κ3) is 4.86. The van der Waals surface area contributed by atoms with Crippen LogP contribution in [-0.4, -0.2) is 62.7 Å². The van der Waals surface area contributed by atoms with Gasteiger partial charge in [0.25, 0.3) is 0 Å². The fraction of sp³-hybridized carbons (Fsp3) is 0.364. The number of likely N-dealkylation sites (N-methyl/N-ethyl adjacent to an activating group) is 1. The predicted octanol–water partition coefficient (Wildman–Crippen LogP) is 2.97. The van der Waals surface area contributed by atoms with Crippen molar-refractivity contribution in [3.8, 4) is 17.2 Å². The number of rotatable bonds is 6. The van der Waals surface area contributed by atoms with Gasteiger partial charge in [0.15, 0.2) is 5.78 Å². The molecule has 0 bridgehead atoms. The van der Waals surface area contributed by atoms with Crippen molar-refractivity contribution < 1.29 is 33.4 Å². The van der Waals surface area contributed by atoms with Gasteiger partial charge >= 0.3 is 5.97 Å². The summed E-state index contributed by atoms with van der Waals surface area (Å²) in [5.74, 6) is -0.174. The Balaban J connectivity index is 1.77. The molecule has 1 aliphatic heterocycles. The van der Waals surface area contributed by atoms with Gasteiger partial charge in [0, 0.05) is 6.07 Å². The molecule has 0 fully saturated rings. The van der Waals surface area contributed by atoms with Crippen LogP contribution in [0.25, 0.3) is 0 Å². The maximum atomic E-state index is 12.7. The van der Waals surface area contributed by atoms with E-state index in [2.05, 4.69) is 21.1 Å². The number of carbonyl (C=O) groups is 2. The number of methoxy groups -OCH3 is 1. The van der Waals surface area contributed by atoms with Crippen LogP contribution in [0.15, 0.2) is 36.4 Å². The summed E-state index contributed by atoms with van der Waals surface area (Å²) >= 11 is 0. The fourth-order valence-electron chi connectivity index (χ4n) is 3.12. The Bertz CT molecular complexity index is 914. The number of benzene rings is 2. The Morgan fingerprint density at radius 1 is 1.21 bits per heavy atom. The molecule has 0 saturated carbocycles. The fourth-order valence-corrected chi connectivity index (χ4v) is 3.12. The summed E-state index contributed by atoms with van der Waals surface area (Å²) in [7, 11) is 7.53. The number of hydrogen-bond donors (Lipinski definition) is 1. The number of esters is 1. The number of nitrogens with zero attached hydrogens (tertiary/aromatic N) is 1. The monoisotopic (exact) mass is 400 g/mol. The van der Waals surface area contributed by atoms with E-state index < -0.39 is 12.1 Å². The molecule has 1 unspecified atom stereocenters.